The Bertz CT molecular complexity index is 434. The Balaban J connectivity index is 2.87. The fourth-order valence-electron chi connectivity index (χ4n) is 1.62. The standard InChI is InChI=1S/C12H16N2O4/c1-2-9(7-8-15)13-12(16)10-5-3-4-6-11(10)14(17)18/h3-6,9,15H,2,7-8H2,1H3,(H,13,16). The van der Waals surface area contributed by atoms with Crippen molar-refractivity contribution in [3.63, 3.8) is 0 Å². The van der Waals surface area contributed by atoms with Gasteiger partial charge in [-0.05, 0) is 18.9 Å². The van der Waals surface area contributed by atoms with Crippen molar-refractivity contribution in [2.75, 3.05) is 6.61 Å². The summed E-state index contributed by atoms with van der Waals surface area (Å²) in [6.45, 7) is 1.84. The molecule has 0 aliphatic rings. The molecule has 0 heterocycles. The largest absolute Gasteiger partial charge is 0.396 e. The molecule has 1 atom stereocenters. The van der Waals surface area contributed by atoms with Gasteiger partial charge >= 0.3 is 0 Å². The first-order chi connectivity index (χ1) is 8.60. The zero-order valence-corrected chi connectivity index (χ0v) is 10.1. The number of aliphatic hydroxyl groups is 1. The van der Waals surface area contributed by atoms with Crippen LogP contribution >= 0.6 is 0 Å². The fourth-order valence-corrected chi connectivity index (χ4v) is 1.62. The first kappa shape index (κ1) is 14.1. The van der Waals surface area contributed by atoms with E-state index in [-0.39, 0.29) is 23.9 Å². The number of rotatable bonds is 6. The van der Waals surface area contributed by atoms with E-state index in [0.29, 0.717) is 12.8 Å². The topological polar surface area (TPSA) is 92.5 Å². The van der Waals surface area contributed by atoms with Crippen LogP contribution in [-0.2, 0) is 0 Å². The van der Waals surface area contributed by atoms with E-state index < -0.39 is 10.8 Å². The van der Waals surface area contributed by atoms with Crippen molar-refractivity contribution >= 4 is 11.6 Å². The van der Waals surface area contributed by atoms with Gasteiger partial charge in [-0.25, -0.2) is 0 Å². The van der Waals surface area contributed by atoms with E-state index in [9.17, 15) is 14.9 Å². The number of nitro benzene ring substituents is 1. The number of aliphatic hydroxyl groups excluding tert-OH is 1. The Morgan fingerprint density at radius 2 is 2.17 bits per heavy atom. The lowest BCUT2D eigenvalue weighted by Gasteiger charge is -2.15. The summed E-state index contributed by atoms with van der Waals surface area (Å²) >= 11 is 0. The maximum absolute atomic E-state index is 11.9. The molecule has 2 N–H and O–H groups in total. The second kappa shape index (κ2) is 6.70. The molecule has 0 spiro atoms. The summed E-state index contributed by atoms with van der Waals surface area (Å²) in [4.78, 5) is 22.1. The highest BCUT2D eigenvalue weighted by Gasteiger charge is 2.20. The van der Waals surface area contributed by atoms with E-state index in [1.807, 2.05) is 6.92 Å². The molecule has 0 aliphatic heterocycles. The van der Waals surface area contributed by atoms with Crippen molar-refractivity contribution in [1.82, 2.24) is 5.32 Å². The number of carbonyl (C=O) groups excluding carboxylic acids is 1. The molecule has 0 aromatic heterocycles. The van der Waals surface area contributed by atoms with Crippen LogP contribution < -0.4 is 5.32 Å². The number of amides is 1. The number of nitro groups is 1. The zero-order valence-electron chi connectivity index (χ0n) is 10.1. The predicted molar refractivity (Wildman–Crippen MR) is 66.3 cm³/mol. The fraction of sp³-hybridized carbons (Fsp3) is 0.417. The average Bonchev–Trinajstić information content (AvgIpc) is 2.38. The number of hydrogen-bond acceptors (Lipinski definition) is 4. The van der Waals surface area contributed by atoms with E-state index in [2.05, 4.69) is 5.32 Å². The Labute approximate surface area is 105 Å². The van der Waals surface area contributed by atoms with Crippen LogP contribution in [0.1, 0.15) is 30.1 Å². The summed E-state index contributed by atoms with van der Waals surface area (Å²) in [6.07, 6.45) is 1.09. The van der Waals surface area contributed by atoms with Gasteiger partial charge in [-0.3, -0.25) is 14.9 Å². The van der Waals surface area contributed by atoms with Crippen LogP contribution in [0.5, 0.6) is 0 Å². The summed E-state index contributed by atoms with van der Waals surface area (Å²) in [7, 11) is 0. The molecule has 1 aromatic carbocycles. The summed E-state index contributed by atoms with van der Waals surface area (Å²) in [6, 6.07) is 5.62. The average molecular weight is 252 g/mol. The highest BCUT2D eigenvalue weighted by molar-refractivity contribution is 5.98. The quantitative estimate of drug-likeness (QED) is 0.592. The highest BCUT2D eigenvalue weighted by atomic mass is 16.6. The number of nitrogens with one attached hydrogen (secondary N) is 1. The van der Waals surface area contributed by atoms with Crippen molar-refractivity contribution in [3.05, 3.63) is 39.9 Å². The molecule has 0 fully saturated rings. The molecular weight excluding hydrogens is 236 g/mol. The third-order valence-corrected chi connectivity index (χ3v) is 2.65. The molecule has 0 saturated carbocycles. The summed E-state index contributed by atoms with van der Waals surface area (Å²) in [5, 5.41) is 22.3. The smallest absolute Gasteiger partial charge is 0.282 e. The molecule has 0 aliphatic carbocycles. The number of benzene rings is 1. The second-order valence-corrected chi connectivity index (χ2v) is 3.87. The molecule has 0 bridgehead atoms. The summed E-state index contributed by atoms with van der Waals surface area (Å²) < 4.78 is 0. The number of hydrogen-bond donors (Lipinski definition) is 2. The number of nitrogens with zero attached hydrogens (tertiary/aromatic N) is 1. The molecule has 98 valence electrons. The maximum Gasteiger partial charge on any atom is 0.282 e. The lowest BCUT2D eigenvalue weighted by Crippen LogP contribution is -2.35. The van der Waals surface area contributed by atoms with Gasteiger partial charge in [0, 0.05) is 18.7 Å². The molecular formula is C12H16N2O4. The van der Waals surface area contributed by atoms with Crippen LogP contribution in [0.25, 0.3) is 0 Å². The highest BCUT2D eigenvalue weighted by Crippen LogP contribution is 2.17. The van der Waals surface area contributed by atoms with E-state index in [1.165, 1.54) is 18.2 Å². The van der Waals surface area contributed by atoms with Gasteiger partial charge in [0.05, 0.1) is 4.92 Å². The van der Waals surface area contributed by atoms with Crippen LogP contribution in [0.15, 0.2) is 24.3 Å². The normalized spacial score (nSPS) is 11.9. The monoisotopic (exact) mass is 252 g/mol. The minimum absolute atomic E-state index is 0.0321. The SMILES string of the molecule is CCC(CCO)NC(=O)c1ccccc1[N+](=O)[O-]. The molecule has 6 nitrogen and oxygen atoms in total. The minimum Gasteiger partial charge on any atom is -0.396 e. The van der Waals surface area contributed by atoms with E-state index in [0.717, 1.165) is 0 Å². The van der Waals surface area contributed by atoms with Gasteiger partial charge in [-0.15, -0.1) is 0 Å². The second-order valence-electron chi connectivity index (χ2n) is 3.87. The Hall–Kier alpha value is -1.95. The number of carbonyl (C=O) groups is 1. The number of para-hydroxylation sites is 1. The molecule has 0 saturated heterocycles. The zero-order chi connectivity index (χ0) is 13.5. The van der Waals surface area contributed by atoms with Crippen LogP contribution in [-0.4, -0.2) is 28.6 Å². The van der Waals surface area contributed by atoms with Crippen LogP contribution in [0.3, 0.4) is 0 Å². The molecule has 0 radical (unpaired) electrons. The van der Waals surface area contributed by atoms with Crippen LogP contribution in [0.4, 0.5) is 5.69 Å². The molecule has 1 aromatic rings. The predicted octanol–water partition coefficient (Wildman–Crippen LogP) is 1.49. The van der Waals surface area contributed by atoms with Crippen molar-refractivity contribution in [1.29, 1.82) is 0 Å². The lowest BCUT2D eigenvalue weighted by molar-refractivity contribution is -0.385. The Morgan fingerprint density at radius 1 is 1.50 bits per heavy atom. The first-order valence-corrected chi connectivity index (χ1v) is 5.75. The van der Waals surface area contributed by atoms with Crippen molar-refractivity contribution in [2.24, 2.45) is 0 Å². The third kappa shape index (κ3) is 3.53. The van der Waals surface area contributed by atoms with Crippen LogP contribution in [0.2, 0.25) is 0 Å². The van der Waals surface area contributed by atoms with Gasteiger partial charge < -0.3 is 10.4 Å². The van der Waals surface area contributed by atoms with Crippen LogP contribution in [0, 0.1) is 10.1 Å². The summed E-state index contributed by atoms with van der Waals surface area (Å²) in [5.74, 6) is -0.484. The van der Waals surface area contributed by atoms with Gasteiger partial charge in [0.2, 0.25) is 0 Å². The van der Waals surface area contributed by atoms with Crippen molar-refractivity contribution in [2.45, 2.75) is 25.8 Å². The van der Waals surface area contributed by atoms with E-state index in [4.69, 9.17) is 5.11 Å². The van der Waals surface area contributed by atoms with Crippen molar-refractivity contribution < 1.29 is 14.8 Å². The Kier molecular flexibility index (Phi) is 5.26. The molecule has 1 amide bonds. The van der Waals surface area contributed by atoms with Gasteiger partial charge in [0.15, 0.2) is 0 Å². The maximum atomic E-state index is 11.9. The van der Waals surface area contributed by atoms with Gasteiger partial charge in [-0.2, -0.15) is 0 Å². The summed E-state index contributed by atoms with van der Waals surface area (Å²) in [5.41, 5.74) is -0.173. The Morgan fingerprint density at radius 3 is 2.72 bits per heavy atom. The molecule has 6 heteroatoms. The van der Waals surface area contributed by atoms with Gasteiger partial charge in [0.1, 0.15) is 5.56 Å². The van der Waals surface area contributed by atoms with Crippen molar-refractivity contribution in [3.8, 4) is 0 Å². The first-order valence-electron chi connectivity index (χ1n) is 5.75. The third-order valence-electron chi connectivity index (χ3n) is 2.65. The molecule has 18 heavy (non-hydrogen) atoms. The molecule has 1 unspecified atom stereocenters. The van der Waals surface area contributed by atoms with Gasteiger partial charge in [0.25, 0.3) is 11.6 Å². The minimum atomic E-state index is -0.581. The van der Waals surface area contributed by atoms with E-state index >= 15 is 0 Å². The van der Waals surface area contributed by atoms with E-state index in [1.54, 1.807) is 6.07 Å². The van der Waals surface area contributed by atoms with Gasteiger partial charge in [-0.1, -0.05) is 19.1 Å². The lowest BCUT2D eigenvalue weighted by atomic mass is 10.1. The molecule has 1 rings (SSSR count).